The van der Waals surface area contributed by atoms with Crippen LogP contribution in [0.4, 0.5) is 0 Å². The van der Waals surface area contributed by atoms with Crippen molar-refractivity contribution in [1.82, 2.24) is 0 Å². The van der Waals surface area contributed by atoms with Crippen molar-refractivity contribution in [3.8, 4) is 16.9 Å². The summed E-state index contributed by atoms with van der Waals surface area (Å²) in [4.78, 5) is 0. The van der Waals surface area contributed by atoms with Crippen molar-refractivity contribution >= 4 is 0 Å². The lowest BCUT2D eigenvalue weighted by Gasteiger charge is -2.10. The Morgan fingerprint density at radius 3 is 2.67 bits per heavy atom. The highest BCUT2D eigenvalue weighted by Crippen LogP contribution is 2.27. The molecular weight excluding hydrogens is 222 g/mol. The van der Waals surface area contributed by atoms with Crippen LogP contribution in [0.2, 0.25) is 0 Å². The van der Waals surface area contributed by atoms with Gasteiger partial charge in [-0.25, -0.2) is 0 Å². The van der Waals surface area contributed by atoms with Gasteiger partial charge < -0.3 is 10.5 Å². The fourth-order valence-electron chi connectivity index (χ4n) is 1.98. The molecule has 0 aliphatic heterocycles. The van der Waals surface area contributed by atoms with Crippen molar-refractivity contribution in [1.29, 1.82) is 0 Å². The lowest BCUT2D eigenvalue weighted by atomic mass is 9.98. The fraction of sp³-hybridized carbons (Fsp3) is 0.250. The van der Waals surface area contributed by atoms with Crippen LogP contribution < -0.4 is 10.5 Å². The molecule has 0 heterocycles. The number of ether oxygens (including phenoxy) is 1. The van der Waals surface area contributed by atoms with Gasteiger partial charge in [0.15, 0.2) is 0 Å². The SMILES string of the molecule is Cc1ccc(C)c(-c2cccc(OCCN)c2)c1. The number of hydrogen-bond donors (Lipinski definition) is 1. The van der Waals surface area contributed by atoms with E-state index in [9.17, 15) is 0 Å². The zero-order valence-corrected chi connectivity index (χ0v) is 10.9. The first-order valence-corrected chi connectivity index (χ1v) is 6.21. The lowest BCUT2D eigenvalue weighted by molar-refractivity contribution is 0.328. The van der Waals surface area contributed by atoms with Crippen LogP contribution in [-0.4, -0.2) is 13.2 Å². The van der Waals surface area contributed by atoms with Crippen molar-refractivity contribution in [3.63, 3.8) is 0 Å². The molecule has 2 heteroatoms. The van der Waals surface area contributed by atoms with E-state index in [1.807, 2.05) is 12.1 Å². The van der Waals surface area contributed by atoms with Crippen LogP contribution in [0.3, 0.4) is 0 Å². The molecule has 0 radical (unpaired) electrons. The molecular formula is C16H19NO. The molecule has 2 rings (SSSR count). The van der Waals surface area contributed by atoms with Gasteiger partial charge in [-0.2, -0.15) is 0 Å². The van der Waals surface area contributed by atoms with Gasteiger partial charge in [0, 0.05) is 6.54 Å². The molecule has 0 amide bonds. The standard InChI is InChI=1S/C16H19NO/c1-12-6-7-13(2)16(10-12)14-4-3-5-15(11-14)18-9-8-17/h3-7,10-11H,8-9,17H2,1-2H3. The van der Waals surface area contributed by atoms with Crippen molar-refractivity contribution in [3.05, 3.63) is 53.6 Å². The topological polar surface area (TPSA) is 35.2 Å². The predicted octanol–water partition coefficient (Wildman–Crippen LogP) is 3.31. The summed E-state index contributed by atoms with van der Waals surface area (Å²) in [6.07, 6.45) is 0. The Labute approximate surface area is 108 Å². The smallest absolute Gasteiger partial charge is 0.119 e. The monoisotopic (exact) mass is 241 g/mol. The third-order valence-electron chi connectivity index (χ3n) is 2.92. The molecule has 0 bridgehead atoms. The van der Waals surface area contributed by atoms with E-state index in [2.05, 4.69) is 44.2 Å². The first-order valence-electron chi connectivity index (χ1n) is 6.21. The van der Waals surface area contributed by atoms with Gasteiger partial charge in [-0.3, -0.25) is 0 Å². The molecule has 2 nitrogen and oxygen atoms in total. The Hall–Kier alpha value is -1.80. The zero-order chi connectivity index (χ0) is 13.0. The molecule has 0 aliphatic carbocycles. The molecule has 0 fully saturated rings. The molecule has 0 unspecified atom stereocenters. The molecule has 0 atom stereocenters. The van der Waals surface area contributed by atoms with Crippen LogP contribution in [0.1, 0.15) is 11.1 Å². The highest BCUT2D eigenvalue weighted by atomic mass is 16.5. The van der Waals surface area contributed by atoms with Crippen LogP contribution in [0.25, 0.3) is 11.1 Å². The predicted molar refractivity (Wildman–Crippen MR) is 75.9 cm³/mol. The van der Waals surface area contributed by atoms with Crippen molar-refractivity contribution in [2.45, 2.75) is 13.8 Å². The highest BCUT2D eigenvalue weighted by Gasteiger charge is 2.03. The Kier molecular flexibility index (Phi) is 4.00. The molecule has 94 valence electrons. The number of rotatable bonds is 4. The number of hydrogen-bond acceptors (Lipinski definition) is 2. The molecule has 0 aliphatic rings. The van der Waals surface area contributed by atoms with E-state index in [4.69, 9.17) is 10.5 Å². The van der Waals surface area contributed by atoms with Crippen molar-refractivity contribution < 1.29 is 4.74 Å². The van der Waals surface area contributed by atoms with Gasteiger partial charge in [-0.1, -0.05) is 35.9 Å². The summed E-state index contributed by atoms with van der Waals surface area (Å²) in [5, 5.41) is 0. The number of benzene rings is 2. The van der Waals surface area contributed by atoms with Crippen LogP contribution in [0, 0.1) is 13.8 Å². The van der Waals surface area contributed by atoms with Gasteiger partial charge in [-0.15, -0.1) is 0 Å². The van der Waals surface area contributed by atoms with E-state index in [0.29, 0.717) is 13.2 Å². The summed E-state index contributed by atoms with van der Waals surface area (Å²) in [5.74, 6) is 0.874. The molecule has 2 N–H and O–H groups in total. The highest BCUT2D eigenvalue weighted by molar-refractivity contribution is 5.69. The maximum atomic E-state index is 5.56. The summed E-state index contributed by atoms with van der Waals surface area (Å²) in [5.41, 5.74) is 10.4. The van der Waals surface area contributed by atoms with E-state index < -0.39 is 0 Å². The van der Waals surface area contributed by atoms with Gasteiger partial charge in [0.2, 0.25) is 0 Å². The summed E-state index contributed by atoms with van der Waals surface area (Å²) >= 11 is 0. The number of nitrogens with two attached hydrogens (primary N) is 1. The lowest BCUT2D eigenvalue weighted by Crippen LogP contribution is -2.10. The molecule has 0 spiro atoms. The average molecular weight is 241 g/mol. The van der Waals surface area contributed by atoms with Gasteiger partial charge in [0.1, 0.15) is 12.4 Å². The normalized spacial score (nSPS) is 10.4. The molecule has 2 aromatic carbocycles. The first kappa shape index (κ1) is 12.7. The molecule has 0 saturated heterocycles. The quantitative estimate of drug-likeness (QED) is 0.891. The van der Waals surface area contributed by atoms with E-state index in [0.717, 1.165) is 5.75 Å². The third-order valence-corrected chi connectivity index (χ3v) is 2.92. The Morgan fingerprint density at radius 2 is 1.89 bits per heavy atom. The molecule has 18 heavy (non-hydrogen) atoms. The first-order chi connectivity index (χ1) is 8.70. The minimum atomic E-state index is 0.535. The summed E-state index contributed by atoms with van der Waals surface area (Å²) < 4.78 is 5.56. The van der Waals surface area contributed by atoms with E-state index in [1.54, 1.807) is 0 Å². The second-order valence-electron chi connectivity index (χ2n) is 4.48. The van der Waals surface area contributed by atoms with Crippen LogP contribution in [-0.2, 0) is 0 Å². The van der Waals surface area contributed by atoms with Crippen LogP contribution >= 0.6 is 0 Å². The molecule has 0 aromatic heterocycles. The van der Waals surface area contributed by atoms with Gasteiger partial charge in [0.05, 0.1) is 0 Å². The van der Waals surface area contributed by atoms with Gasteiger partial charge in [0.25, 0.3) is 0 Å². The van der Waals surface area contributed by atoms with Crippen molar-refractivity contribution in [2.24, 2.45) is 5.73 Å². The Bertz CT molecular complexity index is 534. The molecule has 0 saturated carbocycles. The van der Waals surface area contributed by atoms with Crippen LogP contribution in [0.5, 0.6) is 5.75 Å². The summed E-state index contributed by atoms with van der Waals surface area (Å²) in [6, 6.07) is 14.6. The average Bonchev–Trinajstić information content (AvgIpc) is 2.39. The second-order valence-corrected chi connectivity index (χ2v) is 4.48. The third kappa shape index (κ3) is 2.90. The van der Waals surface area contributed by atoms with Gasteiger partial charge >= 0.3 is 0 Å². The van der Waals surface area contributed by atoms with Crippen LogP contribution in [0.15, 0.2) is 42.5 Å². The van der Waals surface area contributed by atoms with Gasteiger partial charge in [-0.05, 0) is 42.7 Å². The van der Waals surface area contributed by atoms with Crippen molar-refractivity contribution in [2.75, 3.05) is 13.2 Å². The Morgan fingerprint density at radius 1 is 1.06 bits per heavy atom. The maximum absolute atomic E-state index is 5.56. The minimum absolute atomic E-state index is 0.535. The summed E-state index contributed by atoms with van der Waals surface area (Å²) in [6.45, 7) is 5.32. The Balaban J connectivity index is 2.35. The number of aryl methyl sites for hydroxylation is 2. The largest absolute Gasteiger partial charge is 0.492 e. The molecule has 2 aromatic rings. The fourth-order valence-corrected chi connectivity index (χ4v) is 1.98. The second kappa shape index (κ2) is 5.69. The summed E-state index contributed by atoms with van der Waals surface area (Å²) in [7, 11) is 0. The van der Waals surface area contributed by atoms with E-state index >= 15 is 0 Å². The minimum Gasteiger partial charge on any atom is -0.492 e. The van der Waals surface area contributed by atoms with E-state index in [1.165, 1.54) is 22.3 Å². The van der Waals surface area contributed by atoms with E-state index in [-0.39, 0.29) is 0 Å². The maximum Gasteiger partial charge on any atom is 0.119 e. The zero-order valence-electron chi connectivity index (χ0n) is 10.9.